The quantitative estimate of drug-likeness (QED) is 0.124. The first kappa shape index (κ1) is 43.4. The molecule has 0 rings (SSSR count). The first-order valence-electron chi connectivity index (χ1n) is 8.32. The lowest BCUT2D eigenvalue weighted by Crippen LogP contribution is -2.78. The second kappa shape index (κ2) is 11.3. The van der Waals surface area contributed by atoms with Crippen LogP contribution in [0.2, 0.25) is 0 Å². The number of halogens is 29. The molecular formula is C12HCl3F26Si. The Hall–Kier alpha value is -0.733. The third-order valence-electron chi connectivity index (χ3n) is 4.26. The third-order valence-corrected chi connectivity index (χ3v) is 4.26. The van der Waals surface area contributed by atoms with Crippen molar-refractivity contribution in [2.45, 2.75) is 71.6 Å². The van der Waals surface area contributed by atoms with Gasteiger partial charge in [0, 0.05) is 0 Å². The van der Waals surface area contributed by atoms with Gasteiger partial charge >= 0.3 is 78.3 Å². The maximum Gasteiger partial charge on any atom is 0.460 e. The van der Waals surface area contributed by atoms with E-state index >= 15 is 0 Å². The molecule has 42 heavy (non-hydrogen) atoms. The van der Waals surface area contributed by atoms with Crippen LogP contribution in [0.3, 0.4) is 0 Å². The molecule has 0 spiro atoms. The highest BCUT2D eigenvalue weighted by molar-refractivity contribution is 7.54. The van der Waals surface area contributed by atoms with Crippen molar-refractivity contribution in [3.63, 3.8) is 0 Å². The Morgan fingerprint density at radius 3 is 0.357 bits per heavy atom. The largest absolute Gasteiger partial charge is 0.460 e. The Kier molecular flexibility index (Phi) is 11.6. The molecule has 0 radical (unpaired) electrons. The molecule has 0 atom stereocenters. The van der Waals surface area contributed by atoms with Crippen LogP contribution >= 0.6 is 33.2 Å². The van der Waals surface area contributed by atoms with E-state index in [0.717, 1.165) is 0 Å². The molecule has 0 N–H and O–H groups in total. The molecule has 0 unspecified atom stereocenters. The molecule has 0 saturated carbocycles. The molecule has 0 aromatic rings. The smallest absolute Gasteiger partial charge is 0.192 e. The van der Waals surface area contributed by atoms with Crippen LogP contribution in [0.15, 0.2) is 0 Å². The Bertz CT molecular complexity index is 855. The zero-order valence-electron chi connectivity index (χ0n) is 17.5. The predicted molar refractivity (Wildman–Crippen MR) is 86.3 cm³/mol. The molecule has 256 valence electrons. The van der Waals surface area contributed by atoms with Crippen molar-refractivity contribution in [3.05, 3.63) is 0 Å². The highest BCUT2D eigenvalue weighted by Gasteiger charge is 2.99. The summed E-state index contributed by atoms with van der Waals surface area (Å²) in [6.45, 7) is -1.72. The monoisotopic (exact) mass is 772 g/mol. The summed E-state index contributed by atoms with van der Waals surface area (Å²) in [5, 5.41) is 0. The molecule has 0 heterocycles. The first-order chi connectivity index (χ1) is 17.5. The lowest BCUT2D eigenvalue weighted by molar-refractivity contribution is -0.484. The average Bonchev–Trinajstić information content (AvgIpc) is 2.70. The van der Waals surface area contributed by atoms with E-state index < -0.39 is 78.3 Å². The Labute approximate surface area is 226 Å². The van der Waals surface area contributed by atoms with Crippen molar-refractivity contribution in [2.75, 3.05) is 0 Å². The van der Waals surface area contributed by atoms with Gasteiger partial charge in [-0.15, -0.1) is 33.2 Å². The predicted octanol–water partition coefficient (Wildman–Crippen LogP) is 9.88. The average molecular weight is 774 g/mol. The fraction of sp³-hybridized carbons (Fsp3) is 1.00. The van der Waals surface area contributed by atoms with Crippen LogP contribution in [0.1, 0.15) is 0 Å². The van der Waals surface area contributed by atoms with Crippen molar-refractivity contribution in [1.82, 2.24) is 0 Å². The lowest BCUT2D eigenvalue weighted by Gasteiger charge is -2.45. The normalized spacial score (nSPS) is 16.4. The second-order valence-corrected chi connectivity index (χ2v) is 13.4. The van der Waals surface area contributed by atoms with Crippen LogP contribution in [0.4, 0.5) is 114 Å². The Morgan fingerprint density at radius 2 is 0.286 bits per heavy atom. The minimum atomic E-state index is -9.65. The van der Waals surface area contributed by atoms with E-state index in [1.54, 1.807) is 0 Å². The van der Waals surface area contributed by atoms with Gasteiger partial charge in [0.1, 0.15) is 0 Å². The van der Waals surface area contributed by atoms with Gasteiger partial charge in [0.05, 0.1) is 0 Å². The zero-order valence-corrected chi connectivity index (χ0v) is 21.0. The van der Waals surface area contributed by atoms with Crippen LogP contribution < -0.4 is 0 Å². The minimum Gasteiger partial charge on any atom is -0.192 e. The van der Waals surface area contributed by atoms with Crippen LogP contribution in [0.25, 0.3) is 0 Å². The molecule has 0 nitrogen and oxygen atoms in total. The fourth-order valence-corrected chi connectivity index (χ4v) is 1.93. The van der Waals surface area contributed by atoms with Gasteiger partial charge in [-0.25, -0.2) is 0 Å². The summed E-state index contributed by atoms with van der Waals surface area (Å²) in [5.41, 5.74) is 0. The van der Waals surface area contributed by atoms with Crippen molar-refractivity contribution in [2.24, 2.45) is 0 Å². The summed E-state index contributed by atoms with van der Waals surface area (Å²) in [6.07, 6.45) is -16.4. The molecule has 0 aliphatic carbocycles. The number of alkyl halides is 26. The van der Waals surface area contributed by atoms with E-state index in [9.17, 15) is 114 Å². The maximum absolute atomic E-state index is 13.3. The summed E-state index contributed by atoms with van der Waals surface area (Å²) in [7, 11) is 0. The van der Waals surface area contributed by atoms with Crippen molar-refractivity contribution < 1.29 is 114 Å². The molecule has 0 aromatic heterocycles. The summed E-state index contributed by atoms with van der Waals surface area (Å²) in [5.74, 6) is -92.8. The maximum atomic E-state index is 13.3. The van der Waals surface area contributed by atoms with E-state index in [1.165, 1.54) is 0 Å². The van der Waals surface area contributed by atoms with E-state index in [0.29, 0.717) is 0 Å². The van der Waals surface area contributed by atoms with E-state index in [4.69, 9.17) is 33.2 Å². The summed E-state index contributed by atoms with van der Waals surface area (Å²) >= 11 is 14.8. The van der Waals surface area contributed by atoms with Crippen molar-refractivity contribution >= 4 is 40.0 Å². The Morgan fingerprint density at radius 1 is 0.214 bits per heavy atom. The van der Waals surface area contributed by atoms with Crippen molar-refractivity contribution in [3.8, 4) is 0 Å². The van der Waals surface area contributed by atoms with Gasteiger partial charge in [0.25, 0.3) is 0 Å². The van der Waals surface area contributed by atoms with E-state index in [2.05, 4.69) is 0 Å². The number of hydrogen-bond donors (Lipinski definition) is 0. The molecule has 30 heteroatoms. The van der Waals surface area contributed by atoms with Gasteiger partial charge < -0.3 is 0 Å². The third kappa shape index (κ3) is 5.95. The molecule has 0 amide bonds. The molecule has 0 saturated heterocycles. The topological polar surface area (TPSA) is 0 Å². The molecule has 0 aliphatic heterocycles. The van der Waals surface area contributed by atoms with Crippen LogP contribution in [0.5, 0.6) is 0 Å². The standard InChI is InChI=1S/C12F26.Cl3HSi/c13-1(14,3(17,18)5(21,22)7(25,26)9(29,30)11(33,34)35)2(15,16)4(19,20)6(23,24)8(27,28)10(31,32)12(36,37)38;1-4(2)3/h;4H. The summed E-state index contributed by atoms with van der Waals surface area (Å²) in [6, 6.07) is 0. The van der Waals surface area contributed by atoms with Gasteiger partial charge in [-0.2, -0.15) is 114 Å². The van der Waals surface area contributed by atoms with Crippen molar-refractivity contribution in [1.29, 1.82) is 0 Å². The molecule has 0 aliphatic rings. The van der Waals surface area contributed by atoms with Crippen LogP contribution in [-0.2, 0) is 0 Å². The van der Waals surface area contributed by atoms with Gasteiger partial charge in [-0.3, -0.25) is 0 Å². The summed E-state index contributed by atoms with van der Waals surface area (Å²) < 4.78 is 332. The first-order valence-corrected chi connectivity index (χ1v) is 13.6. The number of rotatable bonds is 9. The fourth-order valence-electron chi connectivity index (χ4n) is 1.93. The molecular weight excluding hydrogens is 773 g/mol. The number of hydrogen-bond acceptors (Lipinski definition) is 0. The van der Waals surface area contributed by atoms with Crippen LogP contribution in [-0.4, -0.2) is 78.3 Å². The summed E-state index contributed by atoms with van der Waals surface area (Å²) in [4.78, 5) is 0. The lowest BCUT2D eigenvalue weighted by atomic mass is 9.85. The SMILES string of the molecule is Cl[SiH](Cl)Cl.FC(F)(F)C(F)(F)C(F)(F)C(F)(F)C(F)(F)C(F)(F)C(F)(F)C(F)(F)C(F)(F)C(F)(F)C(F)(F)C(F)(F)F. The highest BCUT2D eigenvalue weighted by Crippen LogP contribution is 2.67. The van der Waals surface area contributed by atoms with Gasteiger partial charge in [0.15, 0.2) is 0 Å². The molecule has 0 bridgehead atoms. The minimum absolute atomic E-state index is 1.72. The molecule has 0 fully saturated rings. The van der Waals surface area contributed by atoms with E-state index in [1.807, 2.05) is 0 Å². The van der Waals surface area contributed by atoms with E-state index in [-0.39, 0.29) is 0 Å². The van der Waals surface area contributed by atoms with Crippen LogP contribution in [0, 0.1) is 0 Å². The molecule has 0 aromatic carbocycles. The highest BCUT2D eigenvalue weighted by atomic mass is 35.8. The van der Waals surface area contributed by atoms with Gasteiger partial charge in [-0.1, -0.05) is 0 Å². The second-order valence-electron chi connectivity index (χ2n) is 6.99. The zero-order chi connectivity index (χ0) is 35.6. The Balaban J connectivity index is 0. The van der Waals surface area contributed by atoms with Gasteiger partial charge in [0.2, 0.25) is 0 Å². The van der Waals surface area contributed by atoms with Gasteiger partial charge in [-0.05, 0) is 0 Å².